The third-order valence-electron chi connectivity index (χ3n) is 3.36. The predicted molar refractivity (Wildman–Crippen MR) is 125 cm³/mol. The van der Waals surface area contributed by atoms with Crippen LogP contribution in [0.2, 0.25) is 0 Å². The molecule has 2 aromatic rings. The average molecular weight is 431 g/mol. The Morgan fingerprint density at radius 2 is 1.29 bits per heavy atom. The van der Waals surface area contributed by atoms with Gasteiger partial charge in [0.05, 0.1) is 5.25 Å². The van der Waals surface area contributed by atoms with Crippen LogP contribution in [0.5, 0.6) is 0 Å². The summed E-state index contributed by atoms with van der Waals surface area (Å²) in [7, 11) is 11.6. The Balaban J connectivity index is 1.81. The molecule has 0 spiro atoms. The minimum atomic E-state index is 0.540. The molecule has 0 fully saturated rings. The van der Waals surface area contributed by atoms with E-state index in [1.807, 2.05) is 62.8 Å². The van der Waals surface area contributed by atoms with Crippen LogP contribution in [0.1, 0.15) is 35.0 Å². The molecule has 0 aliphatic carbocycles. The minimum Gasteiger partial charge on any atom is -0.0860 e. The SMILES string of the molecule is CCC(SSSCC(SSSC)c1ccccc1)c1ccccc1. The minimum absolute atomic E-state index is 0.540. The largest absolute Gasteiger partial charge is 0.0860 e. The van der Waals surface area contributed by atoms with Gasteiger partial charge in [0.25, 0.3) is 0 Å². The third kappa shape index (κ3) is 7.42. The second-order valence-electron chi connectivity index (χ2n) is 4.99. The molecule has 0 bridgehead atoms. The molecule has 0 N–H and O–H groups in total. The molecule has 0 saturated carbocycles. The van der Waals surface area contributed by atoms with Crippen molar-refractivity contribution in [3.8, 4) is 0 Å². The second kappa shape index (κ2) is 12.8. The highest BCUT2D eigenvalue weighted by molar-refractivity contribution is 9.10. The quantitative estimate of drug-likeness (QED) is 0.257. The normalized spacial score (nSPS) is 13.6. The Kier molecular flexibility index (Phi) is 11.1. The van der Waals surface area contributed by atoms with E-state index in [1.54, 1.807) is 0 Å². The van der Waals surface area contributed by atoms with Gasteiger partial charge in [0.15, 0.2) is 0 Å². The summed E-state index contributed by atoms with van der Waals surface area (Å²) in [6.07, 6.45) is 3.31. The molecule has 2 atom stereocenters. The molecule has 0 heterocycles. The van der Waals surface area contributed by atoms with Gasteiger partial charge < -0.3 is 0 Å². The average Bonchev–Trinajstić information content (AvgIpc) is 2.65. The molecule has 0 radical (unpaired) electrons. The Bertz CT molecular complexity index is 548. The highest BCUT2D eigenvalue weighted by Crippen LogP contribution is 2.50. The zero-order chi connectivity index (χ0) is 17.0. The standard InChI is InChI=1S/C18H22S6/c1-3-17(15-10-6-4-7-11-15)21-24-20-14-18(22-23-19-2)16-12-8-5-9-13-16/h4-13,17-18H,3,14H2,1-2H3. The lowest BCUT2D eigenvalue weighted by Gasteiger charge is -2.17. The molecule has 6 heteroatoms. The van der Waals surface area contributed by atoms with Crippen molar-refractivity contribution < 1.29 is 0 Å². The van der Waals surface area contributed by atoms with Crippen molar-refractivity contribution in [3.63, 3.8) is 0 Å². The van der Waals surface area contributed by atoms with Crippen molar-refractivity contribution in [1.29, 1.82) is 0 Å². The van der Waals surface area contributed by atoms with Crippen LogP contribution in [0.25, 0.3) is 0 Å². The molecular weight excluding hydrogens is 409 g/mol. The van der Waals surface area contributed by atoms with Gasteiger partial charge in [-0.1, -0.05) is 111 Å². The van der Waals surface area contributed by atoms with Crippen LogP contribution in [0, 0.1) is 0 Å². The van der Waals surface area contributed by atoms with Gasteiger partial charge in [0, 0.05) is 11.0 Å². The smallest absolute Gasteiger partial charge is 0.0508 e. The first-order valence-corrected chi connectivity index (χ1v) is 15.4. The summed E-state index contributed by atoms with van der Waals surface area (Å²) in [6, 6.07) is 21.7. The molecule has 0 saturated heterocycles. The Hall–Kier alpha value is 0.540. The second-order valence-corrected chi connectivity index (χ2v) is 13.8. The topological polar surface area (TPSA) is 0 Å². The van der Waals surface area contributed by atoms with E-state index in [0.29, 0.717) is 10.5 Å². The summed E-state index contributed by atoms with van der Waals surface area (Å²) < 4.78 is 0. The highest BCUT2D eigenvalue weighted by atomic mass is 33.5. The molecule has 0 nitrogen and oxygen atoms in total. The summed E-state index contributed by atoms with van der Waals surface area (Å²) in [6.45, 7) is 2.27. The summed E-state index contributed by atoms with van der Waals surface area (Å²) in [4.78, 5) is 0. The van der Waals surface area contributed by atoms with Crippen LogP contribution >= 0.6 is 62.8 Å². The van der Waals surface area contributed by atoms with Crippen LogP contribution in [0.15, 0.2) is 60.7 Å². The van der Waals surface area contributed by atoms with Gasteiger partial charge in [-0.05, 0) is 43.5 Å². The molecule has 2 aromatic carbocycles. The van der Waals surface area contributed by atoms with Crippen LogP contribution in [0.3, 0.4) is 0 Å². The van der Waals surface area contributed by atoms with E-state index in [1.165, 1.54) is 17.5 Å². The number of hydrogen-bond donors (Lipinski definition) is 0. The van der Waals surface area contributed by atoms with Gasteiger partial charge in [-0.2, -0.15) is 0 Å². The summed E-state index contributed by atoms with van der Waals surface area (Å²) in [5, 5.41) is 1.12. The fourth-order valence-corrected chi connectivity index (χ4v) is 10.7. The molecule has 130 valence electrons. The summed E-state index contributed by atoms with van der Waals surface area (Å²) in [5.74, 6) is 1.13. The van der Waals surface area contributed by atoms with Crippen LogP contribution in [0.4, 0.5) is 0 Å². The van der Waals surface area contributed by atoms with Crippen LogP contribution < -0.4 is 0 Å². The van der Waals surface area contributed by atoms with Gasteiger partial charge >= 0.3 is 0 Å². The van der Waals surface area contributed by atoms with Crippen molar-refractivity contribution in [3.05, 3.63) is 71.8 Å². The Morgan fingerprint density at radius 3 is 1.83 bits per heavy atom. The third-order valence-corrected chi connectivity index (χ3v) is 12.4. The molecule has 24 heavy (non-hydrogen) atoms. The first-order chi connectivity index (χ1) is 11.8. The molecule has 0 aliphatic heterocycles. The lowest BCUT2D eigenvalue weighted by atomic mass is 10.1. The zero-order valence-corrected chi connectivity index (χ0v) is 18.7. The zero-order valence-electron chi connectivity index (χ0n) is 13.8. The van der Waals surface area contributed by atoms with Crippen LogP contribution in [-0.2, 0) is 0 Å². The maximum Gasteiger partial charge on any atom is 0.0508 e. The number of rotatable bonds is 11. The molecular formula is C18H22S6. The molecule has 0 amide bonds. The van der Waals surface area contributed by atoms with Crippen molar-refractivity contribution in [1.82, 2.24) is 0 Å². The van der Waals surface area contributed by atoms with E-state index in [2.05, 4.69) is 73.8 Å². The van der Waals surface area contributed by atoms with Gasteiger partial charge in [0.1, 0.15) is 0 Å². The van der Waals surface area contributed by atoms with Crippen LogP contribution in [-0.4, -0.2) is 12.0 Å². The predicted octanol–water partition coefficient (Wildman–Crippen LogP) is 8.57. The van der Waals surface area contributed by atoms with Gasteiger partial charge in [-0.25, -0.2) is 0 Å². The fraction of sp³-hybridized carbons (Fsp3) is 0.333. The maximum atomic E-state index is 2.27. The summed E-state index contributed by atoms with van der Waals surface area (Å²) >= 11 is 0. The van der Waals surface area contributed by atoms with Crippen molar-refractivity contribution in [2.75, 3.05) is 12.0 Å². The lowest BCUT2D eigenvalue weighted by molar-refractivity contribution is 0.901. The van der Waals surface area contributed by atoms with Gasteiger partial charge in [-0.15, -0.1) is 0 Å². The molecule has 0 aliphatic rings. The monoisotopic (exact) mass is 430 g/mol. The van der Waals surface area contributed by atoms with E-state index < -0.39 is 0 Å². The van der Waals surface area contributed by atoms with Crippen molar-refractivity contribution in [2.24, 2.45) is 0 Å². The Labute approximate surface area is 169 Å². The van der Waals surface area contributed by atoms with Crippen molar-refractivity contribution >= 4 is 62.8 Å². The van der Waals surface area contributed by atoms with E-state index in [4.69, 9.17) is 0 Å². The lowest BCUT2D eigenvalue weighted by Crippen LogP contribution is -1.94. The Morgan fingerprint density at radius 1 is 0.750 bits per heavy atom. The molecule has 2 unspecified atom stereocenters. The van der Waals surface area contributed by atoms with E-state index in [9.17, 15) is 0 Å². The fourth-order valence-electron chi connectivity index (χ4n) is 2.13. The first-order valence-electron chi connectivity index (χ1n) is 7.76. The first kappa shape index (κ1) is 20.8. The molecule has 2 rings (SSSR count). The number of hydrogen-bond acceptors (Lipinski definition) is 6. The number of benzene rings is 2. The van der Waals surface area contributed by atoms with E-state index >= 15 is 0 Å². The highest BCUT2D eigenvalue weighted by Gasteiger charge is 2.15. The van der Waals surface area contributed by atoms with E-state index in [-0.39, 0.29) is 0 Å². The van der Waals surface area contributed by atoms with Crippen molar-refractivity contribution in [2.45, 2.75) is 23.8 Å². The maximum absolute atomic E-state index is 2.27. The summed E-state index contributed by atoms with van der Waals surface area (Å²) in [5.41, 5.74) is 2.86. The van der Waals surface area contributed by atoms with Gasteiger partial charge in [-0.3, -0.25) is 0 Å². The molecule has 0 aromatic heterocycles. The van der Waals surface area contributed by atoms with Gasteiger partial charge in [0.2, 0.25) is 0 Å². The van der Waals surface area contributed by atoms with E-state index in [0.717, 1.165) is 5.75 Å².